The van der Waals surface area contributed by atoms with Crippen molar-refractivity contribution in [3.8, 4) is 0 Å². The lowest BCUT2D eigenvalue weighted by molar-refractivity contribution is 0.762. The molecule has 0 aliphatic carbocycles. The Bertz CT molecular complexity index is 279. The summed E-state index contributed by atoms with van der Waals surface area (Å²) in [6.45, 7) is 8.59. The Hall–Kier alpha value is -0.820. The Kier molecular flexibility index (Phi) is 4.68. The van der Waals surface area contributed by atoms with E-state index in [1.54, 1.807) is 0 Å². The molecule has 0 saturated carbocycles. The van der Waals surface area contributed by atoms with E-state index in [0.717, 1.165) is 19.5 Å². The lowest BCUT2D eigenvalue weighted by Gasteiger charge is -2.03. The summed E-state index contributed by atoms with van der Waals surface area (Å²) < 4.78 is 0. The minimum atomic E-state index is 1.06. The van der Waals surface area contributed by atoms with Gasteiger partial charge in [0, 0.05) is 13.1 Å². The number of nitrogens with one attached hydrogen (secondary N) is 1. The minimum absolute atomic E-state index is 1.06. The molecule has 1 heteroatoms. The lowest BCUT2D eigenvalue weighted by atomic mass is 10.0. The highest BCUT2D eigenvalue weighted by atomic mass is 14.9. The number of benzene rings is 1. The molecule has 1 aromatic rings. The molecule has 1 aliphatic heterocycles. The van der Waals surface area contributed by atoms with Crippen LogP contribution in [-0.4, -0.2) is 0 Å². The molecule has 1 heterocycles. The first-order valence-corrected chi connectivity index (χ1v) is 5.63. The fraction of sp³-hybridized carbons (Fsp3) is 0.538. The van der Waals surface area contributed by atoms with Crippen molar-refractivity contribution in [3.05, 3.63) is 34.9 Å². The molecule has 0 amide bonds. The van der Waals surface area contributed by atoms with Crippen LogP contribution >= 0.6 is 0 Å². The van der Waals surface area contributed by atoms with Gasteiger partial charge >= 0.3 is 0 Å². The quantitative estimate of drug-likeness (QED) is 0.718. The zero-order valence-corrected chi connectivity index (χ0v) is 9.56. The van der Waals surface area contributed by atoms with Gasteiger partial charge in [-0.05, 0) is 23.1 Å². The standard InChI is InChI=1S/C10H13N.C3H8/c1-2-8-4-3-5-9-6-11-7-10(8)9;1-3-2/h3-5,11H,2,6-7H2,1H3;3H2,1-2H3. The molecule has 0 bridgehead atoms. The summed E-state index contributed by atoms with van der Waals surface area (Å²) in [4.78, 5) is 0. The van der Waals surface area contributed by atoms with E-state index in [2.05, 4.69) is 44.3 Å². The fourth-order valence-electron chi connectivity index (χ4n) is 1.73. The van der Waals surface area contributed by atoms with Crippen LogP contribution < -0.4 is 5.32 Å². The number of hydrogen-bond donors (Lipinski definition) is 1. The normalized spacial score (nSPS) is 13.1. The van der Waals surface area contributed by atoms with E-state index in [1.807, 2.05) is 0 Å². The Morgan fingerprint density at radius 2 is 1.86 bits per heavy atom. The summed E-state index contributed by atoms with van der Waals surface area (Å²) in [5, 5.41) is 3.36. The summed E-state index contributed by atoms with van der Waals surface area (Å²) in [6.07, 6.45) is 2.41. The smallest absolute Gasteiger partial charge is 0.0214 e. The van der Waals surface area contributed by atoms with Gasteiger partial charge in [-0.2, -0.15) is 0 Å². The van der Waals surface area contributed by atoms with Gasteiger partial charge in [-0.15, -0.1) is 0 Å². The van der Waals surface area contributed by atoms with Crippen molar-refractivity contribution in [1.82, 2.24) is 5.32 Å². The Labute approximate surface area is 87.5 Å². The molecule has 0 radical (unpaired) electrons. The average Bonchev–Trinajstić information content (AvgIpc) is 2.66. The van der Waals surface area contributed by atoms with Gasteiger partial charge in [0.25, 0.3) is 0 Å². The van der Waals surface area contributed by atoms with Crippen LogP contribution in [0, 0.1) is 0 Å². The monoisotopic (exact) mass is 191 g/mol. The number of rotatable bonds is 1. The summed E-state index contributed by atoms with van der Waals surface area (Å²) in [5.74, 6) is 0. The van der Waals surface area contributed by atoms with Gasteiger partial charge in [-0.1, -0.05) is 45.4 Å². The number of fused-ring (bicyclic) bond motifs is 1. The predicted molar refractivity (Wildman–Crippen MR) is 62.3 cm³/mol. The number of hydrogen-bond acceptors (Lipinski definition) is 1. The zero-order chi connectivity index (χ0) is 10.4. The first-order valence-electron chi connectivity index (χ1n) is 5.63. The third kappa shape index (κ3) is 2.58. The van der Waals surface area contributed by atoms with Gasteiger partial charge in [-0.3, -0.25) is 0 Å². The molecule has 78 valence electrons. The molecule has 0 unspecified atom stereocenters. The SMILES string of the molecule is CCC.CCc1cccc2c1CNC2. The second-order valence-electron chi connectivity index (χ2n) is 3.72. The van der Waals surface area contributed by atoms with Crippen molar-refractivity contribution in [2.45, 2.75) is 46.7 Å². The van der Waals surface area contributed by atoms with Crippen LogP contribution in [0.3, 0.4) is 0 Å². The van der Waals surface area contributed by atoms with Crippen LogP contribution in [0.25, 0.3) is 0 Å². The zero-order valence-electron chi connectivity index (χ0n) is 9.56. The van der Waals surface area contributed by atoms with Gasteiger partial charge < -0.3 is 5.32 Å². The van der Waals surface area contributed by atoms with Crippen molar-refractivity contribution in [1.29, 1.82) is 0 Å². The summed E-state index contributed by atoms with van der Waals surface area (Å²) in [6, 6.07) is 6.60. The molecule has 0 aromatic heterocycles. The molecule has 1 nitrogen and oxygen atoms in total. The highest BCUT2D eigenvalue weighted by Gasteiger charge is 2.11. The van der Waals surface area contributed by atoms with Gasteiger partial charge in [0.2, 0.25) is 0 Å². The Morgan fingerprint density at radius 1 is 1.14 bits per heavy atom. The first kappa shape index (κ1) is 11.3. The Morgan fingerprint density at radius 3 is 2.50 bits per heavy atom. The number of aryl methyl sites for hydroxylation is 1. The van der Waals surface area contributed by atoms with Gasteiger partial charge in [0.1, 0.15) is 0 Å². The fourth-order valence-corrected chi connectivity index (χ4v) is 1.73. The molecule has 0 saturated heterocycles. The van der Waals surface area contributed by atoms with Gasteiger partial charge in [-0.25, -0.2) is 0 Å². The largest absolute Gasteiger partial charge is 0.309 e. The average molecular weight is 191 g/mol. The van der Waals surface area contributed by atoms with Crippen LogP contribution in [0.5, 0.6) is 0 Å². The maximum atomic E-state index is 3.36. The van der Waals surface area contributed by atoms with E-state index < -0.39 is 0 Å². The minimum Gasteiger partial charge on any atom is -0.309 e. The summed E-state index contributed by atoms with van der Waals surface area (Å²) in [5.41, 5.74) is 4.53. The molecule has 1 aromatic carbocycles. The molecule has 0 fully saturated rings. The van der Waals surface area contributed by atoms with Gasteiger partial charge in [0.05, 0.1) is 0 Å². The van der Waals surface area contributed by atoms with Crippen LogP contribution in [0.4, 0.5) is 0 Å². The second kappa shape index (κ2) is 5.82. The third-order valence-electron chi connectivity index (χ3n) is 2.37. The second-order valence-corrected chi connectivity index (χ2v) is 3.72. The van der Waals surface area contributed by atoms with E-state index in [1.165, 1.54) is 23.1 Å². The first-order chi connectivity index (χ1) is 6.83. The summed E-state index contributed by atoms with van der Waals surface area (Å²) in [7, 11) is 0. The van der Waals surface area contributed by atoms with E-state index in [0.29, 0.717) is 0 Å². The van der Waals surface area contributed by atoms with Crippen LogP contribution in [0.1, 0.15) is 43.9 Å². The molecule has 1 aliphatic rings. The van der Waals surface area contributed by atoms with Crippen molar-refractivity contribution >= 4 is 0 Å². The molecular formula is C13H21N. The van der Waals surface area contributed by atoms with Crippen LogP contribution in [-0.2, 0) is 19.5 Å². The van der Waals surface area contributed by atoms with Crippen molar-refractivity contribution in [3.63, 3.8) is 0 Å². The molecule has 1 N–H and O–H groups in total. The molecule has 14 heavy (non-hydrogen) atoms. The van der Waals surface area contributed by atoms with E-state index >= 15 is 0 Å². The molecular weight excluding hydrogens is 170 g/mol. The van der Waals surface area contributed by atoms with Crippen molar-refractivity contribution in [2.24, 2.45) is 0 Å². The van der Waals surface area contributed by atoms with E-state index in [4.69, 9.17) is 0 Å². The van der Waals surface area contributed by atoms with E-state index in [-0.39, 0.29) is 0 Å². The highest BCUT2D eigenvalue weighted by Crippen LogP contribution is 2.19. The van der Waals surface area contributed by atoms with Gasteiger partial charge in [0.15, 0.2) is 0 Å². The predicted octanol–water partition coefficient (Wildman–Crippen LogP) is 3.27. The maximum absolute atomic E-state index is 3.36. The third-order valence-corrected chi connectivity index (χ3v) is 2.37. The maximum Gasteiger partial charge on any atom is 0.0214 e. The molecule has 2 rings (SSSR count). The topological polar surface area (TPSA) is 12.0 Å². The van der Waals surface area contributed by atoms with Crippen LogP contribution in [0.15, 0.2) is 18.2 Å². The van der Waals surface area contributed by atoms with Crippen LogP contribution in [0.2, 0.25) is 0 Å². The molecule has 0 spiro atoms. The van der Waals surface area contributed by atoms with Crippen molar-refractivity contribution < 1.29 is 0 Å². The summed E-state index contributed by atoms with van der Waals surface area (Å²) >= 11 is 0. The lowest BCUT2D eigenvalue weighted by Crippen LogP contribution is -2.00. The van der Waals surface area contributed by atoms with E-state index in [9.17, 15) is 0 Å². The Balaban J connectivity index is 0.000000293. The highest BCUT2D eigenvalue weighted by molar-refractivity contribution is 5.37. The molecule has 0 atom stereocenters. The van der Waals surface area contributed by atoms with Crippen molar-refractivity contribution in [2.75, 3.05) is 0 Å².